The lowest BCUT2D eigenvalue weighted by Crippen LogP contribution is -2.29. The van der Waals surface area contributed by atoms with E-state index < -0.39 is 5.97 Å². The highest BCUT2D eigenvalue weighted by Gasteiger charge is 2.28. The lowest BCUT2D eigenvalue weighted by Gasteiger charge is -2.28. The van der Waals surface area contributed by atoms with Crippen molar-refractivity contribution in [2.24, 2.45) is 0 Å². The molecule has 0 aliphatic carbocycles. The van der Waals surface area contributed by atoms with E-state index in [1.807, 2.05) is 6.07 Å². The number of hydrogen-bond donors (Lipinski definition) is 0. The standard InChI is InChI=1S/C14H21N3O2/c1-5-8-14(4,6-2)17-10-11(12(9-15)16-17)13(18)19-7-3/h10H,5-8H2,1-4H3. The molecule has 1 aromatic heterocycles. The second-order valence-corrected chi connectivity index (χ2v) is 4.77. The second kappa shape index (κ2) is 6.37. The summed E-state index contributed by atoms with van der Waals surface area (Å²) in [5, 5.41) is 13.3. The second-order valence-electron chi connectivity index (χ2n) is 4.77. The highest BCUT2D eigenvalue weighted by atomic mass is 16.5. The molecule has 5 heteroatoms. The third kappa shape index (κ3) is 3.14. The van der Waals surface area contributed by atoms with Crippen molar-refractivity contribution in [3.63, 3.8) is 0 Å². The van der Waals surface area contributed by atoms with Crippen molar-refractivity contribution in [3.05, 3.63) is 17.5 Å². The van der Waals surface area contributed by atoms with E-state index in [0.29, 0.717) is 0 Å². The fraction of sp³-hybridized carbons (Fsp3) is 0.643. The smallest absolute Gasteiger partial charge is 0.342 e. The van der Waals surface area contributed by atoms with Crippen LogP contribution >= 0.6 is 0 Å². The molecule has 5 nitrogen and oxygen atoms in total. The number of hydrogen-bond acceptors (Lipinski definition) is 4. The van der Waals surface area contributed by atoms with Crippen molar-refractivity contribution < 1.29 is 9.53 Å². The van der Waals surface area contributed by atoms with E-state index in [9.17, 15) is 4.79 Å². The van der Waals surface area contributed by atoms with Crippen molar-refractivity contribution in [1.82, 2.24) is 9.78 Å². The zero-order chi connectivity index (χ0) is 14.5. The van der Waals surface area contributed by atoms with Crippen molar-refractivity contribution >= 4 is 5.97 Å². The molecular weight excluding hydrogens is 242 g/mol. The fourth-order valence-corrected chi connectivity index (χ4v) is 2.08. The molecule has 0 saturated carbocycles. The van der Waals surface area contributed by atoms with Gasteiger partial charge in [-0.1, -0.05) is 20.3 Å². The number of ether oxygens (including phenoxy) is 1. The molecule has 0 N–H and O–H groups in total. The molecule has 0 fully saturated rings. The Labute approximate surface area is 114 Å². The van der Waals surface area contributed by atoms with Crippen LogP contribution in [0.3, 0.4) is 0 Å². The van der Waals surface area contributed by atoms with Gasteiger partial charge in [0, 0.05) is 6.20 Å². The van der Waals surface area contributed by atoms with Crippen molar-refractivity contribution in [3.8, 4) is 6.07 Å². The summed E-state index contributed by atoms with van der Waals surface area (Å²) in [6, 6.07) is 1.96. The molecule has 0 radical (unpaired) electrons. The molecular formula is C14H21N3O2. The number of nitrogens with zero attached hydrogens (tertiary/aromatic N) is 3. The lowest BCUT2D eigenvalue weighted by atomic mass is 9.93. The fourth-order valence-electron chi connectivity index (χ4n) is 2.08. The SMILES string of the molecule is CCCC(C)(CC)n1cc(C(=O)OCC)c(C#N)n1. The maximum Gasteiger partial charge on any atom is 0.342 e. The molecule has 0 aliphatic heterocycles. The number of carbonyl (C=O) groups is 1. The summed E-state index contributed by atoms with van der Waals surface area (Å²) in [6.07, 6.45) is 4.48. The van der Waals surface area contributed by atoms with Crippen molar-refractivity contribution in [2.75, 3.05) is 6.61 Å². The predicted molar refractivity (Wildman–Crippen MR) is 71.7 cm³/mol. The lowest BCUT2D eigenvalue weighted by molar-refractivity contribution is 0.0525. The largest absolute Gasteiger partial charge is 0.462 e. The minimum atomic E-state index is -0.486. The van der Waals surface area contributed by atoms with Gasteiger partial charge >= 0.3 is 5.97 Å². The Balaban J connectivity index is 3.19. The zero-order valence-corrected chi connectivity index (χ0v) is 12.1. The van der Waals surface area contributed by atoms with Crippen LogP contribution in [0.2, 0.25) is 0 Å². The molecule has 104 valence electrons. The van der Waals surface area contributed by atoms with Crippen LogP contribution in [0.4, 0.5) is 0 Å². The van der Waals surface area contributed by atoms with Gasteiger partial charge in [0.1, 0.15) is 11.6 Å². The molecule has 1 atom stereocenters. The first-order valence-corrected chi connectivity index (χ1v) is 6.69. The Morgan fingerprint density at radius 3 is 2.68 bits per heavy atom. The molecule has 1 heterocycles. The number of rotatable bonds is 6. The van der Waals surface area contributed by atoms with E-state index in [1.165, 1.54) is 0 Å². The Bertz CT molecular complexity index is 487. The van der Waals surface area contributed by atoms with Crippen LogP contribution in [0, 0.1) is 11.3 Å². The molecule has 1 unspecified atom stereocenters. The number of esters is 1. The quantitative estimate of drug-likeness (QED) is 0.740. The highest BCUT2D eigenvalue weighted by molar-refractivity contribution is 5.91. The average molecular weight is 263 g/mol. The van der Waals surface area contributed by atoms with Crippen LogP contribution in [0.5, 0.6) is 0 Å². The first-order valence-electron chi connectivity index (χ1n) is 6.69. The molecule has 0 amide bonds. The summed E-state index contributed by atoms with van der Waals surface area (Å²) in [5.74, 6) is -0.486. The molecule has 1 rings (SSSR count). The molecule has 0 aromatic carbocycles. The minimum Gasteiger partial charge on any atom is -0.462 e. The van der Waals surface area contributed by atoms with E-state index in [0.717, 1.165) is 19.3 Å². The van der Waals surface area contributed by atoms with Gasteiger partial charge in [-0.15, -0.1) is 0 Å². The Hall–Kier alpha value is -1.83. The summed E-state index contributed by atoms with van der Waals surface area (Å²) in [6.45, 7) is 8.29. The average Bonchev–Trinajstić information content (AvgIpc) is 2.84. The van der Waals surface area contributed by atoms with Gasteiger partial charge in [0.2, 0.25) is 0 Å². The Morgan fingerprint density at radius 1 is 1.53 bits per heavy atom. The van der Waals surface area contributed by atoms with Crippen LogP contribution in [0.1, 0.15) is 63.0 Å². The molecule has 19 heavy (non-hydrogen) atoms. The van der Waals surface area contributed by atoms with Gasteiger partial charge in [-0.3, -0.25) is 4.68 Å². The summed E-state index contributed by atoms with van der Waals surface area (Å²) < 4.78 is 6.68. The van der Waals surface area contributed by atoms with Gasteiger partial charge < -0.3 is 4.74 Å². The maximum absolute atomic E-state index is 11.8. The maximum atomic E-state index is 11.8. The topological polar surface area (TPSA) is 67.9 Å². The van der Waals surface area contributed by atoms with Gasteiger partial charge in [0.15, 0.2) is 5.69 Å². The molecule has 0 bridgehead atoms. The number of aromatic nitrogens is 2. The van der Waals surface area contributed by atoms with Gasteiger partial charge in [-0.25, -0.2) is 4.79 Å². The number of nitriles is 1. The molecule has 1 aromatic rings. The van der Waals surface area contributed by atoms with E-state index in [-0.39, 0.29) is 23.4 Å². The first-order chi connectivity index (χ1) is 9.02. The Morgan fingerprint density at radius 2 is 2.21 bits per heavy atom. The normalized spacial score (nSPS) is 13.6. The van der Waals surface area contributed by atoms with Crippen LogP contribution in [-0.4, -0.2) is 22.4 Å². The summed E-state index contributed by atoms with van der Waals surface area (Å²) >= 11 is 0. The van der Waals surface area contributed by atoms with Crippen LogP contribution < -0.4 is 0 Å². The molecule has 0 aliphatic rings. The van der Waals surface area contributed by atoms with Gasteiger partial charge in [-0.05, 0) is 26.7 Å². The minimum absolute atomic E-state index is 0.134. The van der Waals surface area contributed by atoms with Crippen LogP contribution in [-0.2, 0) is 10.3 Å². The van der Waals surface area contributed by atoms with Gasteiger partial charge in [0.25, 0.3) is 0 Å². The number of carbonyl (C=O) groups excluding carboxylic acids is 1. The summed E-state index contributed by atoms with van der Waals surface area (Å²) in [5.41, 5.74) is 0.208. The van der Waals surface area contributed by atoms with Crippen molar-refractivity contribution in [1.29, 1.82) is 5.26 Å². The third-order valence-electron chi connectivity index (χ3n) is 3.42. The van der Waals surface area contributed by atoms with Crippen LogP contribution in [0.25, 0.3) is 0 Å². The predicted octanol–water partition coefficient (Wildman–Crippen LogP) is 2.86. The zero-order valence-electron chi connectivity index (χ0n) is 12.1. The van der Waals surface area contributed by atoms with E-state index >= 15 is 0 Å². The van der Waals surface area contributed by atoms with E-state index in [2.05, 4.69) is 25.9 Å². The van der Waals surface area contributed by atoms with E-state index in [1.54, 1.807) is 17.8 Å². The third-order valence-corrected chi connectivity index (χ3v) is 3.42. The highest BCUT2D eigenvalue weighted by Crippen LogP contribution is 2.26. The summed E-state index contributed by atoms with van der Waals surface area (Å²) in [4.78, 5) is 11.8. The van der Waals surface area contributed by atoms with Crippen LogP contribution in [0.15, 0.2) is 6.20 Å². The van der Waals surface area contributed by atoms with Gasteiger partial charge in [0.05, 0.1) is 12.1 Å². The van der Waals surface area contributed by atoms with E-state index in [4.69, 9.17) is 10.00 Å². The summed E-state index contributed by atoms with van der Waals surface area (Å²) in [7, 11) is 0. The Kier molecular flexibility index (Phi) is 5.11. The van der Waals surface area contributed by atoms with Gasteiger partial charge in [-0.2, -0.15) is 10.4 Å². The van der Waals surface area contributed by atoms with Crippen molar-refractivity contribution in [2.45, 2.75) is 52.5 Å². The molecule has 0 spiro atoms. The monoisotopic (exact) mass is 263 g/mol. The first kappa shape index (κ1) is 15.2. The molecule has 0 saturated heterocycles.